The fourth-order valence-electron chi connectivity index (χ4n) is 12.7. The third-order valence-electron chi connectivity index (χ3n) is 15.4. The zero-order chi connectivity index (χ0) is 32.8. The van der Waals surface area contributed by atoms with Gasteiger partial charge in [0.1, 0.15) is 17.3 Å². The molecule has 0 saturated heterocycles. The van der Waals surface area contributed by atoms with Gasteiger partial charge in [-0.05, 0) is 134 Å². The van der Waals surface area contributed by atoms with E-state index in [0.717, 1.165) is 94.8 Å². The Kier molecular flexibility index (Phi) is 8.75. The van der Waals surface area contributed by atoms with E-state index in [1.54, 1.807) is 6.08 Å². The minimum atomic E-state index is -0.492. The van der Waals surface area contributed by atoms with E-state index in [9.17, 15) is 24.3 Å². The van der Waals surface area contributed by atoms with Crippen LogP contribution in [0.5, 0.6) is 0 Å². The summed E-state index contributed by atoms with van der Waals surface area (Å²) in [5.41, 5.74) is 2.28. The highest BCUT2D eigenvalue weighted by atomic mass is 16.5. The number of carbonyl (C=O) groups excluding carboxylic acids is 4. The Morgan fingerprint density at radius 3 is 1.89 bits per heavy atom. The number of esters is 1. The second-order valence-electron chi connectivity index (χ2n) is 17.3. The zero-order valence-corrected chi connectivity index (χ0v) is 28.7. The maximum atomic E-state index is 12.4. The zero-order valence-electron chi connectivity index (χ0n) is 28.7. The van der Waals surface area contributed by atoms with Gasteiger partial charge in [0.15, 0.2) is 5.78 Å². The number of rotatable bonds is 1. The van der Waals surface area contributed by atoms with Gasteiger partial charge >= 0.3 is 5.97 Å². The molecule has 6 heteroatoms. The number of ketones is 3. The fourth-order valence-corrected chi connectivity index (χ4v) is 12.7. The maximum absolute atomic E-state index is 12.4. The highest BCUT2D eigenvalue weighted by Crippen LogP contribution is 2.65. The molecular formula is C41H58O6. The average molecular weight is 647 g/mol. The highest BCUT2D eigenvalue weighted by molar-refractivity contribution is 5.92. The molecule has 0 heterocycles. The van der Waals surface area contributed by atoms with Gasteiger partial charge in [-0.3, -0.25) is 19.2 Å². The van der Waals surface area contributed by atoms with Crippen molar-refractivity contribution in [2.24, 2.45) is 57.2 Å². The molecule has 5 fully saturated rings. The number of hydrogen-bond acceptors (Lipinski definition) is 6. The Morgan fingerprint density at radius 1 is 0.723 bits per heavy atom. The molecule has 0 amide bonds. The van der Waals surface area contributed by atoms with E-state index in [1.165, 1.54) is 12.5 Å². The third-order valence-corrected chi connectivity index (χ3v) is 15.4. The molecule has 0 aromatic carbocycles. The first kappa shape index (κ1) is 34.5. The van der Waals surface area contributed by atoms with E-state index >= 15 is 0 Å². The lowest BCUT2D eigenvalue weighted by molar-refractivity contribution is -0.137. The van der Waals surface area contributed by atoms with Gasteiger partial charge in [0.2, 0.25) is 0 Å². The number of carbonyl (C=O) groups is 4. The lowest BCUT2D eigenvalue weighted by Crippen LogP contribution is -2.54. The lowest BCUT2D eigenvalue weighted by Gasteiger charge is -2.58. The second-order valence-corrected chi connectivity index (χ2v) is 17.3. The molecule has 3 unspecified atom stereocenters. The highest BCUT2D eigenvalue weighted by Gasteiger charge is 2.61. The van der Waals surface area contributed by atoms with Crippen LogP contribution in [0.3, 0.4) is 0 Å². The average Bonchev–Trinajstić information content (AvgIpc) is 3.48. The minimum Gasteiger partial charge on any atom is -0.431 e. The van der Waals surface area contributed by atoms with Gasteiger partial charge in [0, 0.05) is 43.4 Å². The molecule has 0 bridgehead atoms. The van der Waals surface area contributed by atoms with Gasteiger partial charge < -0.3 is 9.84 Å². The van der Waals surface area contributed by atoms with Gasteiger partial charge in [0.05, 0.1) is 6.10 Å². The van der Waals surface area contributed by atoms with E-state index in [0.29, 0.717) is 53.5 Å². The molecule has 0 aliphatic heterocycles. The molecule has 1 N–H and O–H groups in total. The number of aliphatic hydroxyl groups excluding tert-OH is 1. The second kappa shape index (κ2) is 11.9. The van der Waals surface area contributed by atoms with E-state index in [2.05, 4.69) is 39.8 Å². The normalized spacial score (nSPS) is 46.3. The van der Waals surface area contributed by atoms with E-state index in [-0.39, 0.29) is 40.8 Å². The number of fused-ring (bicyclic) bond motifs is 10. The van der Waals surface area contributed by atoms with E-state index in [1.807, 2.05) is 0 Å². The van der Waals surface area contributed by atoms with Crippen LogP contribution in [-0.4, -0.2) is 34.5 Å². The first-order chi connectivity index (χ1) is 21.7. The Morgan fingerprint density at radius 2 is 1.28 bits per heavy atom. The third kappa shape index (κ3) is 5.20. The summed E-state index contributed by atoms with van der Waals surface area (Å²) in [5, 5.41) is 10.7. The minimum absolute atomic E-state index is 0. The predicted octanol–water partition coefficient (Wildman–Crippen LogP) is 8.27. The summed E-state index contributed by atoms with van der Waals surface area (Å²) >= 11 is 0. The molecule has 47 heavy (non-hydrogen) atoms. The lowest BCUT2D eigenvalue weighted by atomic mass is 9.47. The molecule has 6 nitrogen and oxygen atoms in total. The molecule has 8 aliphatic carbocycles. The van der Waals surface area contributed by atoms with Crippen molar-refractivity contribution in [2.75, 3.05) is 0 Å². The predicted molar refractivity (Wildman–Crippen MR) is 182 cm³/mol. The van der Waals surface area contributed by atoms with Gasteiger partial charge in [-0.25, -0.2) is 0 Å². The summed E-state index contributed by atoms with van der Waals surface area (Å²) < 4.78 is 5.36. The standard InChI is InChI=1S/C21H28O3.C19H26O3.CH4/c1-13(22)24-15-8-10-20(2)14(12-15)4-5-16-17-6-7-19(23)21(17,3)11-9-18(16)20;1-18-7-5-11(20)9-15(18)16(21)10-12-13-3-4-17(22)19(13,2)8-6-14(12)18;/h4,12,16-18H,5-11H2,1-3H3;9,12-14,16,21H,3-8,10H2,1-2H3;1H4/t16-,17-,18?,20-,21-;12-,13-,14?,16?,18+,19-;/m00./s1. The molecule has 5 saturated carbocycles. The Labute approximate surface area is 282 Å². The van der Waals surface area contributed by atoms with Crippen molar-refractivity contribution < 1.29 is 29.0 Å². The molecule has 0 aromatic rings. The molecule has 8 rings (SSSR count). The number of allylic oxidation sites excluding steroid dienone is 4. The van der Waals surface area contributed by atoms with Gasteiger partial charge in [-0.1, -0.05) is 41.2 Å². The topological polar surface area (TPSA) is 97.7 Å². The van der Waals surface area contributed by atoms with Gasteiger partial charge in [-0.15, -0.1) is 0 Å². The van der Waals surface area contributed by atoms with Crippen molar-refractivity contribution in [2.45, 2.75) is 138 Å². The van der Waals surface area contributed by atoms with Crippen molar-refractivity contribution in [1.29, 1.82) is 0 Å². The van der Waals surface area contributed by atoms with Crippen LogP contribution in [0, 0.1) is 57.2 Å². The molecular weight excluding hydrogens is 588 g/mol. The summed E-state index contributed by atoms with van der Waals surface area (Å²) in [5.74, 6) is 4.99. The first-order valence-corrected chi connectivity index (χ1v) is 18.3. The summed E-state index contributed by atoms with van der Waals surface area (Å²) in [6, 6.07) is 0. The van der Waals surface area contributed by atoms with Crippen molar-refractivity contribution in [3.05, 3.63) is 35.1 Å². The van der Waals surface area contributed by atoms with Crippen LogP contribution in [0.1, 0.15) is 132 Å². The van der Waals surface area contributed by atoms with Crippen molar-refractivity contribution in [3.8, 4) is 0 Å². The summed E-state index contributed by atoms with van der Waals surface area (Å²) in [7, 11) is 0. The smallest absolute Gasteiger partial charge is 0.307 e. The Hall–Kier alpha value is -2.34. The van der Waals surface area contributed by atoms with Crippen LogP contribution in [-0.2, 0) is 23.9 Å². The summed E-state index contributed by atoms with van der Waals surface area (Å²) in [6.45, 7) is 10.5. The van der Waals surface area contributed by atoms with Crippen LogP contribution in [0.15, 0.2) is 35.1 Å². The molecule has 0 spiro atoms. The number of Topliss-reactive ketones (excluding diaryl/α,β-unsaturated/α-hetero) is 2. The molecule has 258 valence electrons. The first-order valence-electron chi connectivity index (χ1n) is 18.3. The molecule has 0 radical (unpaired) electrons. The van der Waals surface area contributed by atoms with E-state index < -0.39 is 6.10 Å². The van der Waals surface area contributed by atoms with Crippen LogP contribution in [0.25, 0.3) is 0 Å². The quantitative estimate of drug-likeness (QED) is 0.288. The molecule has 0 aromatic heterocycles. The largest absolute Gasteiger partial charge is 0.431 e. The summed E-state index contributed by atoms with van der Waals surface area (Å²) in [4.78, 5) is 47.9. The van der Waals surface area contributed by atoms with Crippen molar-refractivity contribution >= 4 is 23.3 Å². The summed E-state index contributed by atoms with van der Waals surface area (Å²) in [6.07, 6.45) is 18.8. The van der Waals surface area contributed by atoms with Crippen molar-refractivity contribution in [1.82, 2.24) is 0 Å². The van der Waals surface area contributed by atoms with Gasteiger partial charge in [0.25, 0.3) is 0 Å². The van der Waals surface area contributed by atoms with Crippen LogP contribution < -0.4 is 0 Å². The SMILES string of the molecule is C.CC(=O)OC1=CC2=CC[C@@H]3C(CC[C@]4(C)C(=O)CC[C@@H]34)[C@@]2(C)CC1.C[C@]12CCC(=O)C=C1C(O)C[C@@H]1C2CC[C@]2(C)C(=O)CC[C@@H]12. The number of hydrogen-bond donors (Lipinski definition) is 1. The maximum Gasteiger partial charge on any atom is 0.307 e. The fraction of sp³-hybridized carbons (Fsp3) is 0.756. The Balaban J connectivity index is 0.000000161. The molecule has 8 aliphatic rings. The van der Waals surface area contributed by atoms with E-state index in [4.69, 9.17) is 4.74 Å². The number of aliphatic hydroxyl groups is 1. The molecule has 11 atom stereocenters. The van der Waals surface area contributed by atoms with Crippen molar-refractivity contribution in [3.63, 3.8) is 0 Å². The van der Waals surface area contributed by atoms with Crippen LogP contribution >= 0.6 is 0 Å². The monoisotopic (exact) mass is 646 g/mol. The van der Waals surface area contributed by atoms with Gasteiger partial charge in [-0.2, -0.15) is 0 Å². The van der Waals surface area contributed by atoms with Crippen LogP contribution in [0.4, 0.5) is 0 Å². The van der Waals surface area contributed by atoms with Crippen LogP contribution in [0.2, 0.25) is 0 Å². The Bertz CT molecular complexity index is 1450. The number of ether oxygens (including phenoxy) is 1.